The highest BCUT2D eigenvalue weighted by atomic mass is 16.6. The summed E-state index contributed by atoms with van der Waals surface area (Å²) in [4.78, 5) is 38.5. The van der Waals surface area contributed by atoms with Crippen LogP contribution in [0.1, 0.15) is 380 Å². The summed E-state index contributed by atoms with van der Waals surface area (Å²) in [6.45, 7) is 6.66. The maximum Gasteiger partial charge on any atom is 0.306 e. The number of carbonyl (C=O) groups is 3. The van der Waals surface area contributed by atoms with Crippen molar-refractivity contribution in [1.29, 1.82) is 0 Å². The van der Waals surface area contributed by atoms with Crippen LogP contribution < -0.4 is 0 Å². The number of hydrogen-bond acceptors (Lipinski definition) is 6. The van der Waals surface area contributed by atoms with Gasteiger partial charge in [-0.2, -0.15) is 0 Å². The van der Waals surface area contributed by atoms with Crippen LogP contribution in [0.2, 0.25) is 0 Å². The Labute approximate surface area is 504 Å². The molecule has 0 aromatic heterocycles. The van der Waals surface area contributed by atoms with E-state index >= 15 is 0 Å². The van der Waals surface area contributed by atoms with Gasteiger partial charge in [0.15, 0.2) is 6.10 Å². The van der Waals surface area contributed by atoms with Crippen molar-refractivity contribution in [2.75, 3.05) is 13.2 Å². The van der Waals surface area contributed by atoms with Gasteiger partial charge in [-0.3, -0.25) is 14.4 Å². The molecule has 0 aliphatic rings. The second-order valence-corrected chi connectivity index (χ2v) is 24.1. The SMILES string of the molecule is CCCCCC/C=C\C/C=C\CCCCCCCC(=O)OCC(COC(=O)CCCCCCCCCCCC/C=C\C/C=C\C/C=C\CCCCCCC)OC(=O)CCCCCCCCCCCCCCCCCCCCCCCC. The van der Waals surface area contributed by atoms with Crippen molar-refractivity contribution in [1.82, 2.24) is 0 Å². The van der Waals surface area contributed by atoms with E-state index < -0.39 is 6.10 Å². The second kappa shape index (κ2) is 69.6. The molecule has 0 N–H and O–H groups in total. The third kappa shape index (κ3) is 67.8. The topological polar surface area (TPSA) is 78.9 Å². The summed E-state index contributed by atoms with van der Waals surface area (Å²) in [5.41, 5.74) is 0. The molecule has 0 aromatic rings. The molecule has 1 atom stereocenters. The van der Waals surface area contributed by atoms with Crippen molar-refractivity contribution >= 4 is 17.9 Å². The molecule has 6 heteroatoms. The molecule has 0 aromatic carbocycles. The lowest BCUT2D eigenvalue weighted by Crippen LogP contribution is -2.30. The molecule has 1 unspecified atom stereocenters. The van der Waals surface area contributed by atoms with E-state index in [2.05, 4.69) is 81.5 Å². The lowest BCUT2D eigenvalue weighted by molar-refractivity contribution is -0.167. The van der Waals surface area contributed by atoms with Crippen LogP contribution in [-0.4, -0.2) is 37.2 Å². The van der Waals surface area contributed by atoms with Crippen molar-refractivity contribution in [3.63, 3.8) is 0 Å². The highest BCUT2D eigenvalue weighted by Crippen LogP contribution is 2.18. The quantitative estimate of drug-likeness (QED) is 0.0261. The number of rotatable bonds is 66. The molecule has 6 nitrogen and oxygen atoms in total. The fraction of sp³-hybridized carbons (Fsp3) is 0.827. The summed E-state index contributed by atoms with van der Waals surface area (Å²) < 4.78 is 17.0. The van der Waals surface area contributed by atoms with Crippen LogP contribution in [0, 0.1) is 0 Å². The molecule has 0 aliphatic heterocycles. The summed E-state index contributed by atoms with van der Waals surface area (Å²) in [5.74, 6) is -0.870. The Morgan fingerprint density at radius 2 is 0.444 bits per heavy atom. The molecule has 0 saturated carbocycles. The zero-order valence-corrected chi connectivity index (χ0v) is 54.3. The smallest absolute Gasteiger partial charge is 0.306 e. The molecule has 0 fully saturated rings. The minimum absolute atomic E-state index is 0.0773. The van der Waals surface area contributed by atoms with Gasteiger partial charge in [0.2, 0.25) is 0 Å². The first kappa shape index (κ1) is 78.1. The molecule has 0 rings (SSSR count). The summed E-state index contributed by atoms with van der Waals surface area (Å²) in [5, 5.41) is 0. The third-order valence-corrected chi connectivity index (χ3v) is 16.0. The number of ether oxygens (including phenoxy) is 3. The van der Waals surface area contributed by atoms with Gasteiger partial charge in [-0.25, -0.2) is 0 Å². The summed E-state index contributed by atoms with van der Waals surface area (Å²) in [7, 11) is 0. The predicted molar refractivity (Wildman–Crippen MR) is 353 cm³/mol. The van der Waals surface area contributed by atoms with Crippen molar-refractivity contribution in [3.05, 3.63) is 60.8 Å². The van der Waals surface area contributed by atoms with Crippen LogP contribution in [0.3, 0.4) is 0 Å². The van der Waals surface area contributed by atoms with Gasteiger partial charge in [0.25, 0.3) is 0 Å². The zero-order valence-electron chi connectivity index (χ0n) is 54.3. The highest BCUT2D eigenvalue weighted by Gasteiger charge is 2.19. The van der Waals surface area contributed by atoms with Gasteiger partial charge in [-0.05, 0) is 89.9 Å². The largest absolute Gasteiger partial charge is 0.462 e. The Bertz CT molecular complexity index is 1440. The number of carbonyl (C=O) groups excluding carboxylic acids is 3. The average Bonchev–Trinajstić information content (AvgIpc) is 3.47. The van der Waals surface area contributed by atoms with E-state index in [0.29, 0.717) is 19.3 Å². The van der Waals surface area contributed by atoms with E-state index in [1.807, 2.05) is 0 Å². The molecule has 0 bridgehead atoms. The maximum absolute atomic E-state index is 13.0. The Morgan fingerprint density at radius 3 is 0.704 bits per heavy atom. The fourth-order valence-corrected chi connectivity index (χ4v) is 10.6. The normalized spacial score (nSPS) is 12.4. The van der Waals surface area contributed by atoms with E-state index in [-0.39, 0.29) is 31.1 Å². The van der Waals surface area contributed by atoms with Gasteiger partial charge in [0, 0.05) is 19.3 Å². The lowest BCUT2D eigenvalue weighted by atomic mass is 10.0. The van der Waals surface area contributed by atoms with E-state index in [1.54, 1.807) is 0 Å². The van der Waals surface area contributed by atoms with Gasteiger partial charge in [-0.1, -0.05) is 332 Å². The van der Waals surface area contributed by atoms with E-state index in [1.165, 1.54) is 250 Å². The van der Waals surface area contributed by atoms with Gasteiger partial charge in [0.05, 0.1) is 0 Å². The number of hydrogen-bond donors (Lipinski definition) is 0. The minimum Gasteiger partial charge on any atom is -0.462 e. The van der Waals surface area contributed by atoms with Crippen molar-refractivity contribution in [2.45, 2.75) is 386 Å². The first-order chi connectivity index (χ1) is 40.0. The van der Waals surface area contributed by atoms with Crippen molar-refractivity contribution in [2.24, 2.45) is 0 Å². The van der Waals surface area contributed by atoms with Crippen LogP contribution in [0.15, 0.2) is 60.8 Å². The van der Waals surface area contributed by atoms with Crippen molar-refractivity contribution in [3.8, 4) is 0 Å². The molecule has 81 heavy (non-hydrogen) atoms. The first-order valence-corrected chi connectivity index (χ1v) is 35.8. The summed E-state index contributed by atoms with van der Waals surface area (Å²) in [6.07, 6.45) is 89.6. The van der Waals surface area contributed by atoms with E-state index in [0.717, 1.165) is 89.9 Å². The Balaban J connectivity index is 4.32. The Morgan fingerprint density at radius 1 is 0.247 bits per heavy atom. The lowest BCUT2D eigenvalue weighted by Gasteiger charge is -2.18. The molecular formula is C75H136O6. The Kier molecular flexibility index (Phi) is 67.1. The first-order valence-electron chi connectivity index (χ1n) is 35.8. The van der Waals surface area contributed by atoms with Crippen LogP contribution in [-0.2, 0) is 28.6 Å². The van der Waals surface area contributed by atoms with E-state index in [4.69, 9.17) is 14.2 Å². The Hall–Kier alpha value is -2.89. The third-order valence-electron chi connectivity index (χ3n) is 16.0. The standard InChI is InChI=1S/C75H136O6/c1-4-7-10-13-16-19-22-25-28-31-33-35-37-38-39-41-42-44-47-50-53-56-59-62-65-68-74(77)80-71-72(70-79-73(76)67-64-61-58-55-52-49-46-30-27-24-21-18-15-12-9-6-3)81-75(78)69-66-63-60-57-54-51-48-45-43-40-36-34-32-29-26-23-20-17-14-11-8-5-2/h21-22,24-25,30-31,33,37-38,46,72H,4-20,23,26-29,32,34-36,39-45,47-71H2,1-3H3/b24-21-,25-22-,33-31-,38-37-,46-30-. The molecule has 0 aliphatic carbocycles. The number of allylic oxidation sites excluding steroid dienone is 10. The molecule has 472 valence electrons. The maximum atomic E-state index is 13.0. The summed E-state index contributed by atoms with van der Waals surface area (Å²) in [6, 6.07) is 0. The van der Waals surface area contributed by atoms with Gasteiger partial charge >= 0.3 is 17.9 Å². The van der Waals surface area contributed by atoms with Crippen LogP contribution in [0.5, 0.6) is 0 Å². The molecule has 0 spiro atoms. The van der Waals surface area contributed by atoms with Gasteiger partial charge in [0.1, 0.15) is 13.2 Å². The van der Waals surface area contributed by atoms with Gasteiger partial charge < -0.3 is 14.2 Å². The molecule has 0 heterocycles. The zero-order chi connectivity index (χ0) is 58.5. The fourth-order valence-electron chi connectivity index (χ4n) is 10.6. The molecule has 0 radical (unpaired) electrons. The molecular weight excluding hydrogens is 997 g/mol. The highest BCUT2D eigenvalue weighted by molar-refractivity contribution is 5.71. The minimum atomic E-state index is -0.782. The second-order valence-electron chi connectivity index (χ2n) is 24.1. The number of unbranched alkanes of at least 4 members (excludes halogenated alkanes) is 45. The van der Waals surface area contributed by atoms with Crippen LogP contribution in [0.4, 0.5) is 0 Å². The van der Waals surface area contributed by atoms with E-state index in [9.17, 15) is 14.4 Å². The predicted octanol–water partition coefficient (Wildman–Crippen LogP) is 24.7. The monoisotopic (exact) mass is 1130 g/mol. The molecule has 0 amide bonds. The van der Waals surface area contributed by atoms with Crippen LogP contribution in [0.25, 0.3) is 0 Å². The summed E-state index contributed by atoms with van der Waals surface area (Å²) >= 11 is 0. The van der Waals surface area contributed by atoms with Gasteiger partial charge in [-0.15, -0.1) is 0 Å². The average molecular weight is 1130 g/mol. The van der Waals surface area contributed by atoms with Crippen LogP contribution >= 0.6 is 0 Å². The molecule has 0 saturated heterocycles. The van der Waals surface area contributed by atoms with Crippen molar-refractivity contribution < 1.29 is 28.6 Å². The number of esters is 3.